The Balaban J connectivity index is 1.02. The molecule has 218 valence electrons. The number of aromatic amines is 1. The zero-order valence-corrected chi connectivity index (χ0v) is 24.4. The van der Waals surface area contributed by atoms with Crippen LogP contribution in [0.25, 0.3) is 11.0 Å². The smallest absolute Gasteiger partial charge is 0.358 e. The Bertz CT molecular complexity index is 1600. The fourth-order valence-electron chi connectivity index (χ4n) is 7.67. The highest BCUT2D eigenvalue weighted by molar-refractivity contribution is 5.89. The molecule has 7 rings (SSSR count). The second-order valence-corrected chi connectivity index (χ2v) is 12.8. The number of fused-ring (bicyclic) bond motifs is 1. The normalized spacial score (nSPS) is 20.8. The number of aromatic nitrogens is 3. The number of carboxylic acids is 1. The number of carbonyl (C=O) groups is 1. The number of benzene rings is 1. The van der Waals surface area contributed by atoms with Gasteiger partial charge >= 0.3 is 5.97 Å². The van der Waals surface area contributed by atoms with E-state index in [1.54, 1.807) is 18.0 Å². The number of hydrogen-bond donors (Lipinski definition) is 2. The molecule has 1 saturated carbocycles. The van der Waals surface area contributed by atoms with E-state index in [2.05, 4.69) is 62.9 Å². The summed E-state index contributed by atoms with van der Waals surface area (Å²) >= 11 is 0. The number of anilines is 1. The quantitative estimate of drug-likeness (QED) is 0.246. The van der Waals surface area contributed by atoms with Crippen LogP contribution in [0.15, 0.2) is 61.1 Å². The summed E-state index contributed by atoms with van der Waals surface area (Å²) in [5, 5.41) is 10.7. The molecule has 1 spiro atoms. The Morgan fingerprint density at radius 3 is 2.67 bits per heavy atom. The maximum Gasteiger partial charge on any atom is 0.358 e. The summed E-state index contributed by atoms with van der Waals surface area (Å²) in [7, 11) is 0. The number of pyridine rings is 2. The fraction of sp³-hybridized carbons (Fsp3) is 0.441. The van der Waals surface area contributed by atoms with Gasteiger partial charge in [0.15, 0.2) is 11.4 Å². The molecule has 8 heteroatoms. The third-order valence-electron chi connectivity index (χ3n) is 9.91. The summed E-state index contributed by atoms with van der Waals surface area (Å²) in [5.74, 6) is 0.159. The first-order valence-corrected chi connectivity index (χ1v) is 15.3. The molecular weight excluding hydrogens is 526 g/mol. The van der Waals surface area contributed by atoms with Gasteiger partial charge in [0, 0.05) is 42.8 Å². The van der Waals surface area contributed by atoms with E-state index in [0.717, 1.165) is 42.7 Å². The van der Waals surface area contributed by atoms with Crippen LogP contribution in [0, 0.1) is 5.41 Å². The summed E-state index contributed by atoms with van der Waals surface area (Å²) in [5.41, 5.74) is 5.03. The number of piperidine rings is 1. The number of H-pyrrole nitrogens is 1. The number of hydrogen-bond acceptors (Lipinski definition) is 6. The van der Waals surface area contributed by atoms with Crippen LogP contribution in [0.2, 0.25) is 0 Å². The van der Waals surface area contributed by atoms with Crippen molar-refractivity contribution in [2.45, 2.75) is 70.4 Å². The highest BCUT2D eigenvalue weighted by atomic mass is 16.5. The van der Waals surface area contributed by atoms with Crippen LogP contribution < -0.4 is 9.64 Å². The highest BCUT2D eigenvalue weighted by Gasteiger charge is 2.50. The van der Waals surface area contributed by atoms with Gasteiger partial charge in [-0.15, -0.1) is 0 Å². The molecule has 0 amide bonds. The Labute approximate surface area is 246 Å². The first kappa shape index (κ1) is 27.0. The first-order valence-electron chi connectivity index (χ1n) is 15.3. The van der Waals surface area contributed by atoms with Crippen molar-refractivity contribution < 1.29 is 14.6 Å². The molecule has 0 radical (unpaired) electrons. The van der Waals surface area contributed by atoms with Crippen LogP contribution in [0.4, 0.5) is 5.69 Å². The molecule has 0 unspecified atom stereocenters. The average Bonchev–Trinajstić information content (AvgIpc) is 3.65. The topological polar surface area (TPSA) is 94.6 Å². The Morgan fingerprint density at radius 2 is 1.88 bits per heavy atom. The molecule has 2 N–H and O–H groups in total. The number of carboxylic acid groups (broad SMARTS) is 1. The van der Waals surface area contributed by atoms with E-state index in [0.29, 0.717) is 29.2 Å². The van der Waals surface area contributed by atoms with Crippen LogP contribution in [0.1, 0.15) is 85.9 Å². The average molecular weight is 566 g/mol. The second kappa shape index (κ2) is 10.7. The van der Waals surface area contributed by atoms with Crippen LogP contribution in [-0.2, 0) is 0 Å². The molecule has 2 aliphatic heterocycles. The number of rotatable bonds is 7. The van der Waals surface area contributed by atoms with Gasteiger partial charge in [0.05, 0.1) is 18.1 Å². The van der Waals surface area contributed by atoms with E-state index in [1.807, 2.05) is 24.4 Å². The van der Waals surface area contributed by atoms with Crippen molar-refractivity contribution in [3.8, 4) is 11.5 Å². The summed E-state index contributed by atoms with van der Waals surface area (Å²) in [4.78, 5) is 28.8. The maximum atomic E-state index is 11.9. The van der Waals surface area contributed by atoms with Crippen LogP contribution in [0.5, 0.6) is 11.5 Å². The molecule has 1 aliphatic carbocycles. The molecule has 0 bridgehead atoms. The fourth-order valence-corrected chi connectivity index (χ4v) is 7.67. The van der Waals surface area contributed by atoms with E-state index < -0.39 is 5.97 Å². The predicted molar refractivity (Wildman–Crippen MR) is 163 cm³/mol. The lowest BCUT2D eigenvalue weighted by Gasteiger charge is -2.56. The van der Waals surface area contributed by atoms with Crippen molar-refractivity contribution in [2.75, 3.05) is 24.5 Å². The zero-order valence-electron chi connectivity index (χ0n) is 24.4. The number of nitrogens with one attached hydrogen (secondary N) is 1. The van der Waals surface area contributed by atoms with Crippen molar-refractivity contribution in [2.24, 2.45) is 5.41 Å². The monoisotopic (exact) mass is 565 g/mol. The minimum absolute atomic E-state index is 0.0950. The van der Waals surface area contributed by atoms with E-state index in [1.165, 1.54) is 37.8 Å². The van der Waals surface area contributed by atoms with E-state index >= 15 is 0 Å². The van der Waals surface area contributed by atoms with Gasteiger partial charge in [-0.25, -0.2) is 14.8 Å². The van der Waals surface area contributed by atoms with Gasteiger partial charge in [-0.2, -0.15) is 0 Å². The van der Waals surface area contributed by atoms with Gasteiger partial charge < -0.3 is 19.7 Å². The number of likely N-dealkylation sites (tertiary alicyclic amines) is 1. The molecule has 3 aromatic heterocycles. The third-order valence-corrected chi connectivity index (χ3v) is 9.91. The van der Waals surface area contributed by atoms with Gasteiger partial charge in [0.25, 0.3) is 0 Å². The van der Waals surface area contributed by atoms with Crippen molar-refractivity contribution in [3.05, 3.63) is 77.9 Å². The van der Waals surface area contributed by atoms with Crippen molar-refractivity contribution in [1.82, 2.24) is 19.9 Å². The lowest BCUT2D eigenvalue weighted by atomic mass is 9.59. The largest absolute Gasteiger partial charge is 0.476 e. The lowest BCUT2D eigenvalue weighted by molar-refractivity contribution is -0.0228. The van der Waals surface area contributed by atoms with E-state index in [9.17, 15) is 9.90 Å². The molecule has 3 aliphatic rings. The second-order valence-electron chi connectivity index (χ2n) is 12.8. The standard InChI is InChI=1S/C34H39N5O3/c1-22(2)27-6-3-4-7-28(27)29-8-5-13-39(29)25-18-34(19-25)10-14-38(15-11-34)24-17-30(31(33(40)41)36-20-24)42-26-16-23-9-12-35-32(23)37-21-26/h3-4,6-7,9,12,16-17,20-22,25,29H,5,8,10-11,13-15,18-19H2,1-2H3,(H,35,37)(H,40,41)/t29-/m0/s1. The van der Waals surface area contributed by atoms with E-state index in [4.69, 9.17) is 4.74 Å². The molecular formula is C34H39N5O3. The molecule has 2 saturated heterocycles. The number of nitrogens with zero attached hydrogens (tertiary/aromatic N) is 4. The number of aromatic carboxylic acids is 1. The summed E-state index contributed by atoms with van der Waals surface area (Å²) in [6.07, 6.45) is 12.5. The highest BCUT2D eigenvalue weighted by Crippen LogP contribution is 2.54. The van der Waals surface area contributed by atoms with Gasteiger partial charge in [0.2, 0.25) is 0 Å². The van der Waals surface area contributed by atoms with Gasteiger partial charge in [-0.05, 0) is 79.7 Å². The Morgan fingerprint density at radius 1 is 1.07 bits per heavy atom. The molecule has 8 nitrogen and oxygen atoms in total. The molecule has 4 aromatic rings. The van der Waals surface area contributed by atoms with E-state index in [-0.39, 0.29) is 11.4 Å². The summed E-state index contributed by atoms with van der Waals surface area (Å²) in [6.45, 7) is 7.71. The molecule has 3 fully saturated rings. The molecule has 42 heavy (non-hydrogen) atoms. The molecule has 5 heterocycles. The maximum absolute atomic E-state index is 11.9. The van der Waals surface area contributed by atoms with Gasteiger partial charge in [-0.3, -0.25) is 4.90 Å². The third kappa shape index (κ3) is 4.91. The zero-order chi connectivity index (χ0) is 28.8. The lowest BCUT2D eigenvalue weighted by Crippen LogP contribution is -2.55. The number of ether oxygens (including phenoxy) is 1. The van der Waals surface area contributed by atoms with Crippen molar-refractivity contribution in [1.29, 1.82) is 0 Å². The van der Waals surface area contributed by atoms with Gasteiger partial charge in [0.1, 0.15) is 11.4 Å². The molecule has 1 aromatic carbocycles. The summed E-state index contributed by atoms with van der Waals surface area (Å²) in [6, 6.07) is 15.9. The minimum Gasteiger partial charge on any atom is -0.476 e. The Kier molecular flexibility index (Phi) is 6.89. The van der Waals surface area contributed by atoms with Crippen LogP contribution in [0.3, 0.4) is 0 Å². The van der Waals surface area contributed by atoms with Crippen molar-refractivity contribution >= 4 is 22.7 Å². The molecule has 1 atom stereocenters. The van der Waals surface area contributed by atoms with Gasteiger partial charge in [-0.1, -0.05) is 38.1 Å². The van der Waals surface area contributed by atoms with Crippen molar-refractivity contribution in [3.63, 3.8) is 0 Å². The Hall–Kier alpha value is -3.91. The summed E-state index contributed by atoms with van der Waals surface area (Å²) < 4.78 is 6.04. The van der Waals surface area contributed by atoms with Crippen LogP contribution in [-0.4, -0.2) is 56.6 Å². The predicted octanol–water partition coefficient (Wildman–Crippen LogP) is 7.16. The SMILES string of the molecule is CC(C)c1ccccc1[C@@H]1CCCN1C1CC2(CCN(c3cnc(C(=O)O)c(Oc4cnc5[nH]ccc5c4)c3)CC2)C1. The minimum atomic E-state index is -1.11. The van der Waals surface area contributed by atoms with Crippen LogP contribution >= 0.6 is 0 Å². The first-order chi connectivity index (χ1) is 20.4.